The van der Waals surface area contributed by atoms with E-state index in [0.717, 1.165) is 55.3 Å². The van der Waals surface area contributed by atoms with Crippen LogP contribution < -0.4 is 25.2 Å². The Balaban J connectivity index is 1.11. The molecule has 4 aromatic rings. The van der Waals surface area contributed by atoms with E-state index in [9.17, 15) is 22.8 Å². The maximum atomic E-state index is 14.1. The lowest BCUT2D eigenvalue weighted by molar-refractivity contribution is -0.137. The van der Waals surface area contributed by atoms with Gasteiger partial charge in [-0.05, 0) is 74.8 Å². The fourth-order valence-corrected chi connectivity index (χ4v) is 6.40. The Morgan fingerprint density at radius 2 is 1.78 bits per heavy atom. The van der Waals surface area contributed by atoms with E-state index in [1.54, 1.807) is 36.4 Å². The zero-order chi connectivity index (χ0) is 34.5. The summed E-state index contributed by atoms with van der Waals surface area (Å²) in [5.41, 5.74) is 1.98. The minimum Gasteiger partial charge on any atom is -0.479 e. The fourth-order valence-electron chi connectivity index (χ4n) is 6.40. The standard InChI is InChI=1S/C35H35F3N8O3/c1-21-7-8-25(40-30(47)22-5-4-6-24(17-22)35(36,37)38)18-27(21)46-20-23-19-39-33(43-29(23)34(11-12-34)32(46)48)41-26-9-10-28(42-31(26)49-3)45-15-13-44(2)14-16-45/h4-10,17-19H,11-16,20H2,1-3H3,(H,40,47)(H,39,41,43). The number of methoxy groups -OCH3 is 1. The number of nitrogens with one attached hydrogen (secondary N) is 2. The number of fused-ring (bicyclic) bond motifs is 2. The lowest BCUT2D eigenvalue weighted by Crippen LogP contribution is -2.45. The van der Waals surface area contributed by atoms with E-state index in [1.165, 1.54) is 12.1 Å². The van der Waals surface area contributed by atoms with E-state index in [0.29, 0.717) is 47.4 Å². The van der Waals surface area contributed by atoms with Gasteiger partial charge in [0.15, 0.2) is 0 Å². The van der Waals surface area contributed by atoms with Crippen LogP contribution in [0, 0.1) is 6.92 Å². The molecule has 2 fully saturated rings. The molecule has 4 heterocycles. The first-order chi connectivity index (χ1) is 23.4. The van der Waals surface area contributed by atoms with Crippen molar-refractivity contribution in [2.24, 2.45) is 0 Å². The lowest BCUT2D eigenvalue weighted by Gasteiger charge is -2.34. The van der Waals surface area contributed by atoms with Gasteiger partial charge in [-0.15, -0.1) is 0 Å². The molecule has 49 heavy (non-hydrogen) atoms. The summed E-state index contributed by atoms with van der Waals surface area (Å²) in [6, 6.07) is 13.2. The van der Waals surface area contributed by atoms with Crippen molar-refractivity contribution in [1.82, 2.24) is 19.9 Å². The number of alkyl halides is 3. The normalized spacial score (nSPS) is 17.1. The number of pyridine rings is 1. The molecule has 2 amide bonds. The van der Waals surface area contributed by atoms with Gasteiger partial charge in [-0.2, -0.15) is 18.2 Å². The molecular formula is C35H35F3N8O3. The van der Waals surface area contributed by atoms with Gasteiger partial charge in [0.1, 0.15) is 11.5 Å². The molecule has 1 saturated heterocycles. The van der Waals surface area contributed by atoms with Crippen LogP contribution in [0.2, 0.25) is 0 Å². The van der Waals surface area contributed by atoms with Gasteiger partial charge >= 0.3 is 6.18 Å². The number of anilines is 5. The summed E-state index contributed by atoms with van der Waals surface area (Å²) in [5, 5.41) is 5.91. The number of aryl methyl sites for hydroxylation is 1. The molecule has 1 aliphatic carbocycles. The minimum absolute atomic E-state index is 0.107. The maximum Gasteiger partial charge on any atom is 0.416 e. The average molecular weight is 673 g/mol. The molecule has 0 unspecified atom stereocenters. The zero-order valence-electron chi connectivity index (χ0n) is 27.3. The second-order valence-electron chi connectivity index (χ2n) is 12.7. The van der Waals surface area contributed by atoms with Crippen molar-refractivity contribution in [3.8, 4) is 5.88 Å². The summed E-state index contributed by atoms with van der Waals surface area (Å²) >= 11 is 0. The van der Waals surface area contributed by atoms with Crippen LogP contribution in [0.25, 0.3) is 0 Å². The first kappa shape index (κ1) is 32.3. The molecule has 2 aromatic heterocycles. The van der Waals surface area contributed by atoms with Crippen LogP contribution >= 0.6 is 0 Å². The molecule has 3 aliphatic rings. The summed E-state index contributed by atoms with van der Waals surface area (Å²) < 4.78 is 45.2. The number of rotatable bonds is 7. The van der Waals surface area contributed by atoms with E-state index in [1.807, 2.05) is 19.1 Å². The van der Waals surface area contributed by atoms with Crippen LogP contribution in [0.3, 0.4) is 0 Å². The number of likely N-dealkylation sites (N-methyl/N-ethyl adjacent to an activating group) is 1. The number of carbonyl (C=O) groups is 2. The predicted molar refractivity (Wildman–Crippen MR) is 178 cm³/mol. The molecule has 1 saturated carbocycles. The summed E-state index contributed by atoms with van der Waals surface area (Å²) in [6.45, 7) is 5.73. The van der Waals surface area contributed by atoms with Gasteiger partial charge < -0.3 is 30.1 Å². The Kier molecular flexibility index (Phi) is 8.13. The molecule has 11 nitrogen and oxygen atoms in total. The highest BCUT2D eigenvalue weighted by Crippen LogP contribution is 2.53. The third-order valence-corrected chi connectivity index (χ3v) is 9.37. The summed E-state index contributed by atoms with van der Waals surface area (Å²) in [6.07, 6.45) is -1.60. The molecule has 2 aliphatic heterocycles. The second-order valence-corrected chi connectivity index (χ2v) is 12.7. The number of aromatic nitrogens is 3. The van der Waals surface area contributed by atoms with Crippen molar-refractivity contribution in [2.75, 3.05) is 60.8 Å². The highest BCUT2D eigenvalue weighted by molar-refractivity contribution is 6.07. The van der Waals surface area contributed by atoms with Crippen molar-refractivity contribution in [1.29, 1.82) is 0 Å². The first-order valence-corrected chi connectivity index (χ1v) is 16.0. The molecular weight excluding hydrogens is 637 g/mol. The van der Waals surface area contributed by atoms with Crippen LogP contribution in [0.4, 0.5) is 42.0 Å². The number of amides is 2. The van der Waals surface area contributed by atoms with Crippen molar-refractivity contribution in [2.45, 2.75) is 37.9 Å². The Labute approximate surface area is 281 Å². The van der Waals surface area contributed by atoms with E-state index in [4.69, 9.17) is 14.7 Å². The van der Waals surface area contributed by atoms with Crippen LogP contribution in [0.5, 0.6) is 5.88 Å². The van der Waals surface area contributed by atoms with Crippen LogP contribution in [-0.2, 0) is 22.9 Å². The number of nitrogens with zero attached hydrogens (tertiary/aromatic N) is 6. The van der Waals surface area contributed by atoms with Crippen molar-refractivity contribution < 1.29 is 27.5 Å². The average Bonchev–Trinajstić information content (AvgIpc) is 3.90. The Morgan fingerprint density at radius 3 is 2.49 bits per heavy atom. The topological polar surface area (TPSA) is 116 Å². The van der Waals surface area contributed by atoms with E-state index < -0.39 is 23.1 Å². The summed E-state index contributed by atoms with van der Waals surface area (Å²) in [7, 11) is 3.67. The first-order valence-electron chi connectivity index (χ1n) is 16.0. The lowest BCUT2D eigenvalue weighted by atomic mass is 9.91. The predicted octanol–water partition coefficient (Wildman–Crippen LogP) is 5.53. The largest absolute Gasteiger partial charge is 0.479 e. The number of benzene rings is 2. The van der Waals surface area contributed by atoms with Gasteiger partial charge in [-0.1, -0.05) is 12.1 Å². The fraction of sp³-hybridized carbons (Fsp3) is 0.343. The van der Waals surface area contributed by atoms with Gasteiger partial charge in [0.25, 0.3) is 5.91 Å². The summed E-state index contributed by atoms with van der Waals surface area (Å²) in [5.74, 6) is 0.777. The smallest absolute Gasteiger partial charge is 0.416 e. The van der Waals surface area contributed by atoms with Gasteiger partial charge in [0.2, 0.25) is 17.7 Å². The number of piperazine rings is 1. The van der Waals surface area contributed by atoms with Crippen molar-refractivity contribution in [3.63, 3.8) is 0 Å². The number of hydrogen-bond acceptors (Lipinski definition) is 9. The Bertz CT molecular complexity index is 1940. The van der Waals surface area contributed by atoms with Gasteiger partial charge in [-0.3, -0.25) is 9.59 Å². The van der Waals surface area contributed by atoms with E-state index >= 15 is 0 Å². The number of halogens is 3. The third kappa shape index (κ3) is 6.23. The minimum atomic E-state index is -4.57. The molecule has 2 N–H and O–H groups in total. The monoisotopic (exact) mass is 672 g/mol. The van der Waals surface area contributed by atoms with Crippen molar-refractivity contribution in [3.05, 3.63) is 88.7 Å². The third-order valence-electron chi connectivity index (χ3n) is 9.37. The molecule has 254 valence electrons. The molecule has 1 spiro atoms. The number of carbonyl (C=O) groups excluding carboxylic acids is 2. The SMILES string of the molecule is COc1nc(N2CCN(C)CC2)ccc1Nc1ncc2c(n1)C1(CC1)C(=O)N(c1cc(NC(=O)c3cccc(C(F)(F)F)c3)ccc1C)C2. The molecule has 0 atom stereocenters. The Hall–Kier alpha value is -5.24. The Morgan fingerprint density at radius 1 is 1.00 bits per heavy atom. The molecule has 0 bridgehead atoms. The number of ether oxygens (including phenoxy) is 1. The van der Waals surface area contributed by atoms with Crippen LogP contribution in [0.15, 0.2) is 60.8 Å². The second kappa shape index (κ2) is 12.3. The molecule has 2 aromatic carbocycles. The molecule has 0 radical (unpaired) electrons. The van der Waals surface area contributed by atoms with Gasteiger partial charge in [-0.25, -0.2) is 9.97 Å². The van der Waals surface area contributed by atoms with Crippen LogP contribution in [-0.4, -0.2) is 72.0 Å². The van der Waals surface area contributed by atoms with Gasteiger partial charge in [0.05, 0.1) is 30.3 Å². The maximum absolute atomic E-state index is 14.1. The quantitative estimate of drug-likeness (QED) is 0.261. The molecule has 14 heteroatoms. The van der Waals surface area contributed by atoms with Gasteiger partial charge in [0, 0.05) is 54.9 Å². The van der Waals surface area contributed by atoms with E-state index in [2.05, 4.69) is 32.5 Å². The number of hydrogen-bond donors (Lipinski definition) is 2. The van der Waals surface area contributed by atoms with Crippen LogP contribution in [0.1, 0.15) is 45.6 Å². The highest BCUT2D eigenvalue weighted by atomic mass is 19.4. The van der Waals surface area contributed by atoms with Crippen molar-refractivity contribution >= 4 is 40.6 Å². The molecule has 7 rings (SSSR count). The zero-order valence-corrected chi connectivity index (χ0v) is 27.3. The summed E-state index contributed by atoms with van der Waals surface area (Å²) in [4.78, 5) is 47.3. The van der Waals surface area contributed by atoms with E-state index in [-0.39, 0.29) is 18.0 Å². The highest BCUT2D eigenvalue weighted by Gasteiger charge is 2.58.